The van der Waals surface area contributed by atoms with Gasteiger partial charge < -0.3 is 15.0 Å². The highest BCUT2D eigenvalue weighted by Gasteiger charge is 2.36. The van der Waals surface area contributed by atoms with Gasteiger partial charge in [-0.3, -0.25) is 19.2 Å². The predicted molar refractivity (Wildman–Crippen MR) is 123 cm³/mol. The topological polar surface area (TPSA) is 92.8 Å². The lowest BCUT2D eigenvalue weighted by Gasteiger charge is -2.17. The molecule has 0 spiro atoms. The number of aryl methyl sites for hydroxylation is 1. The Kier molecular flexibility index (Phi) is 7.13. The number of carbonyl (C=O) groups is 4. The molecule has 8 heteroatoms. The number of carbonyl (C=O) groups excluding carboxylic acids is 4. The summed E-state index contributed by atoms with van der Waals surface area (Å²) in [6.45, 7) is 7.67. The van der Waals surface area contributed by atoms with Gasteiger partial charge in [-0.15, -0.1) is 11.3 Å². The van der Waals surface area contributed by atoms with Crippen LogP contribution >= 0.6 is 11.3 Å². The van der Waals surface area contributed by atoms with Crippen molar-refractivity contribution in [2.24, 2.45) is 11.3 Å². The second kappa shape index (κ2) is 9.65. The highest BCUT2D eigenvalue weighted by molar-refractivity contribution is 7.14. The van der Waals surface area contributed by atoms with Gasteiger partial charge in [-0.1, -0.05) is 38.5 Å². The maximum Gasteiger partial charge on any atom is 0.311 e. The maximum atomic E-state index is 12.4. The minimum absolute atomic E-state index is 0.0670. The monoisotopic (exact) mass is 456 g/mol. The SMILES string of the molecule is Cc1ccc(N2CC(C(=O)OCC(=O)c3ccc(CNC(=O)C(C)(C)C)s3)CC2=O)cc1. The molecule has 170 valence electrons. The van der Waals surface area contributed by atoms with Crippen LogP contribution < -0.4 is 10.2 Å². The number of nitrogens with zero attached hydrogens (tertiary/aromatic N) is 1. The van der Waals surface area contributed by atoms with E-state index in [0.717, 1.165) is 16.1 Å². The van der Waals surface area contributed by atoms with Crippen LogP contribution in [0.25, 0.3) is 0 Å². The molecule has 7 nitrogen and oxygen atoms in total. The Morgan fingerprint density at radius 3 is 2.47 bits per heavy atom. The average Bonchev–Trinajstić information content (AvgIpc) is 3.37. The van der Waals surface area contributed by atoms with Crippen molar-refractivity contribution in [3.63, 3.8) is 0 Å². The van der Waals surface area contributed by atoms with Gasteiger partial charge in [-0.25, -0.2) is 0 Å². The molecule has 0 bridgehead atoms. The second-order valence-corrected chi connectivity index (χ2v) is 10.1. The first-order chi connectivity index (χ1) is 15.0. The lowest BCUT2D eigenvalue weighted by Crippen LogP contribution is -2.34. The van der Waals surface area contributed by atoms with E-state index in [1.165, 1.54) is 11.3 Å². The molecule has 2 heterocycles. The van der Waals surface area contributed by atoms with Gasteiger partial charge in [0.15, 0.2) is 6.61 Å². The van der Waals surface area contributed by atoms with Crippen molar-refractivity contribution in [2.75, 3.05) is 18.1 Å². The minimum atomic E-state index is -0.594. The van der Waals surface area contributed by atoms with Crippen LogP contribution in [0.2, 0.25) is 0 Å². The molecule has 0 aliphatic carbocycles. The molecular weight excluding hydrogens is 428 g/mol. The van der Waals surface area contributed by atoms with Gasteiger partial charge in [-0.05, 0) is 31.2 Å². The first-order valence-electron chi connectivity index (χ1n) is 10.5. The van der Waals surface area contributed by atoms with Crippen molar-refractivity contribution < 1.29 is 23.9 Å². The maximum absolute atomic E-state index is 12.4. The van der Waals surface area contributed by atoms with E-state index in [1.54, 1.807) is 17.0 Å². The molecule has 1 aliphatic heterocycles. The van der Waals surface area contributed by atoms with Crippen LogP contribution in [0.4, 0.5) is 5.69 Å². The van der Waals surface area contributed by atoms with Crippen molar-refractivity contribution in [3.05, 3.63) is 51.7 Å². The number of rotatable bonds is 7. The molecule has 1 aromatic heterocycles. The number of esters is 1. The van der Waals surface area contributed by atoms with Crippen molar-refractivity contribution in [2.45, 2.75) is 40.7 Å². The molecule has 32 heavy (non-hydrogen) atoms. The molecule has 1 saturated heterocycles. The number of nitrogens with one attached hydrogen (secondary N) is 1. The average molecular weight is 457 g/mol. The number of hydrogen-bond acceptors (Lipinski definition) is 6. The van der Waals surface area contributed by atoms with Gasteiger partial charge in [0.25, 0.3) is 0 Å². The van der Waals surface area contributed by atoms with Crippen molar-refractivity contribution in [3.8, 4) is 0 Å². The molecule has 0 radical (unpaired) electrons. The number of anilines is 1. The summed E-state index contributed by atoms with van der Waals surface area (Å²) < 4.78 is 5.22. The Morgan fingerprint density at radius 1 is 1.12 bits per heavy atom. The summed E-state index contributed by atoms with van der Waals surface area (Å²) >= 11 is 1.26. The quantitative estimate of drug-likeness (QED) is 0.509. The van der Waals surface area contributed by atoms with E-state index in [0.29, 0.717) is 11.4 Å². The third-order valence-electron chi connectivity index (χ3n) is 5.19. The van der Waals surface area contributed by atoms with E-state index < -0.39 is 17.3 Å². The lowest BCUT2D eigenvalue weighted by atomic mass is 9.96. The Labute approximate surface area is 191 Å². The highest BCUT2D eigenvalue weighted by atomic mass is 32.1. The molecule has 1 aromatic carbocycles. The fraction of sp³-hybridized carbons (Fsp3) is 0.417. The molecule has 2 amide bonds. The number of ether oxygens (including phenoxy) is 1. The van der Waals surface area contributed by atoms with Crippen LogP contribution in [0.3, 0.4) is 0 Å². The van der Waals surface area contributed by atoms with Gasteiger partial charge >= 0.3 is 5.97 Å². The van der Waals surface area contributed by atoms with Crippen molar-refractivity contribution in [1.29, 1.82) is 0 Å². The largest absolute Gasteiger partial charge is 0.457 e. The standard InChI is InChI=1S/C24H28N2O5S/c1-15-5-7-17(8-6-15)26-13-16(11-21(26)28)22(29)31-14-19(27)20-10-9-18(32-20)12-25-23(30)24(2,3)4/h5-10,16H,11-14H2,1-4H3,(H,25,30). The molecule has 0 saturated carbocycles. The van der Waals surface area contributed by atoms with Crippen LogP contribution in [-0.2, 0) is 25.7 Å². The first-order valence-corrected chi connectivity index (χ1v) is 11.3. The number of hydrogen-bond donors (Lipinski definition) is 1. The lowest BCUT2D eigenvalue weighted by molar-refractivity contribution is -0.147. The zero-order chi connectivity index (χ0) is 23.5. The fourth-order valence-electron chi connectivity index (χ4n) is 3.22. The highest BCUT2D eigenvalue weighted by Crippen LogP contribution is 2.26. The third-order valence-corrected chi connectivity index (χ3v) is 6.32. The zero-order valence-electron chi connectivity index (χ0n) is 18.8. The summed E-state index contributed by atoms with van der Waals surface area (Å²) in [6, 6.07) is 11.0. The molecule has 1 aliphatic rings. The number of ketones is 1. The molecule has 1 unspecified atom stereocenters. The van der Waals surface area contributed by atoms with Gasteiger partial charge in [0.05, 0.1) is 17.3 Å². The summed E-state index contributed by atoms with van der Waals surface area (Å²) in [4.78, 5) is 52.0. The fourth-order valence-corrected chi connectivity index (χ4v) is 4.09. The van der Waals surface area contributed by atoms with Gasteiger partial charge in [-0.2, -0.15) is 0 Å². The normalized spacial score (nSPS) is 16.2. The smallest absolute Gasteiger partial charge is 0.311 e. The number of amides is 2. The Hall–Kier alpha value is -3.00. The van der Waals surface area contributed by atoms with Gasteiger partial charge in [0, 0.05) is 28.9 Å². The summed E-state index contributed by atoms with van der Waals surface area (Å²) in [5.74, 6) is -1.66. The van der Waals surface area contributed by atoms with Crippen molar-refractivity contribution >= 4 is 40.6 Å². The van der Waals surface area contributed by atoms with Crippen molar-refractivity contribution in [1.82, 2.24) is 5.32 Å². The third kappa shape index (κ3) is 5.82. The van der Waals surface area contributed by atoms with E-state index in [2.05, 4.69) is 5.32 Å². The first kappa shape index (κ1) is 23.7. The van der Waals surface area contributed by atoms with E-state index >= 15 is 0 Å². The summed E-state index contributed by atoms with van der Waals surface area (Å²) in [5.41, 5.74) is 1.35. The van der Waals surface area contributed by atoms with Crippen LogP contribution in [-0.4, -0.2) is 36.7 Å². The van der Waals surface area contributed by atoms with Crippen LogP contribution in [0.15, 0.2) is 36.4 Å². The molecule has 1 N–H and O–H groups in total. The summed E-state index contributed by atoms with van der Waals surface area (Å²) in [7, 11) is 0. The minimum Gasteiger partial charge on any atom is -0.457 e. The van der Waals surface area contributed by atoms with Gasteiger partial charge in [0.1, 0.15) is 0 Å². The number of benzene rings is 1. The Morgan fingerprint density at radius 2 is 1.81 bits per heavy atom. The molecular formula is C24H28N2O5S. The Bertz CT molecular complexity index is 1020. The molecule has 1 atom stereocenters. The summed E-state index contributed by atoms with van der Waals surface area (Å²) in [5, 5.41) is 2.84. The summed E-state index contributed by atoms with van der Waals surface area (Å²) in [6.07, 6.45) is 0.0670. The molecule has 3 rings (SSSR count). The Balaban J connectivity index is 1.49. The van der Waals surface area contributed by atoms with Crippen LogP contribution in [0, 0.1) is 18.3 Å². The van der Waals surface area contributed by atoms with E-state index in [9.17, 15) is 19.2 Å². The van der Waals surface area contributed by atoms with E-state index in [-0.39, 0.29) is 37.2 Å². The predicted octanol–water partition coefficient (Wildman–Crippen LogP) is 3.50. The van der Waals surface area contributed by atoms with Crippen LogP contribution in [0.1, 0.15) is 47.3 Å². The number of thiophene rings is 1. The van der Waals surface area contributed by atoms with E-state index in [4.69, 9.17) is 4.74 Å². The second-order valence-electron chi connectivity index (χ2n) is 8.97. The van der Waals surface area contributed by atoms with Crippen LogP contribution in [0.5, 0.6) is 0 Å². The van der Waals surface area contributed by atoms with E-state index in [1.807, 2.05) is 52.0 Å². The zero-order valence-corrected chi connectivity index (χ0v) is 19.6. The number of Topliss-reactive ketones (excluding diaryl/α,β-unsaturated/α-hetero) is 1. The molecule has 2 aromatic rings. The van der Waals surface area contributed by atoms with Gasteiger partial charge in [0.2, 0.25) is 17.6 Å². The molecule has 1 fully saturated rings.